The highest BCUT2D eigenvalue weighted by atomic mass is 16.4. The van der Waals surface area contributed by atoms with Crippen molar-refractivity contribution in [2.45, 2.75) is 19.4 Å². The number of aromatic nitrogens is 2. The summed E-state index contributed by atoms with van der Waals surface area (Å²) < 4.78 is 5.46. The van der Waals surface area contributed by atoms with Gasteiger partial charge in [0.05, 0.1) is 6.54 Å². The summed E-state index contributed by atoms with van der Waals surface area (Å²) in [7, 11) is 3.85. The Balaban J connectivity index is 1.92. The molecule has 0 aromatic carbocycles. The molecule has 5 heteroatoms. The van der Waals surface area contributed by atoms with Gasteiger partial charge in [-0.3, -0.25) is 0 Å². The lowest BCUT2D eigenvalue weighted by molar-refractivity contribution is 0.474. The second-order valence-electron chi connectivity index (χ2n) is 3.83. The van der Waals surface area contributed by atoms with Crippen LogP contribution in [0.3, 0.4) is 0 Å². The minimum absolute atomic E-state index is 0.627. The Hall–Kier alpha value is -1.10. The normalized spacial score (nSPS) is 15.9. The molecule has 1 aliphatic carbocycles. The lowest BCUT2D eigenvalue weighted by atomic mass is 10.4. The average molecular weight is 196 g/mol. The fourth-order valence-electron chi connectivity index (χ4n) is 1.39. The molecule has 1 aromatic rings. The molecule has 0 aliphatic heterocycles. The summed E-state index contributed by atoms with van der Waals surface area (Å²) in [6, 6.07) is 0.627. The van der Waals surface area contributed by atoms with Gasteiger partial charge in [-0.25, -0.2) is 0 Å². The van der Waals surface area contributed by atoms with Gasteiger partial charge < -0.3 is 14.6 Å². The van der Waals surface area contributed by atoms with Gasteiger partial charge in [-0.15, -0.1) is 5.10 Å². The Bertz CT molecular complexity index is 295. The van der Waals surface area contributed by atoms with Gasteiger partial charge in [0.1, 0.15) is 0 Å². The van der Waals surface area contributed by atoms with Crippen LogP contribution in [-0.2, 0) is 6.54 Å². The Morgan fingerprint density at radius 1 is 1.50 bits per heavy atom. The molecule has 0 unspecified atom stereocenters. The molecule has 0 saturated heterocycles. The monoisotopic (exact) mass is 196 g/mol. The molecule has 2 rings (SSSR count). The van der Waals surface area contributed by atoms with Crippen LogP contribution in [0.1, 0.15) is 18.7 Å². The predicted molar refractivity (Wildman–Crippen MR) is 53.1 cm³/mol. The molecular formula is C9H16N4O. The summed E-state index contributed by atoms with van der Waals surface area (Å²) in [6.45, 7) is 1.66. The summed E-state index contributed by atoms with van der Waals surface area (Å²) in [5.41, 5.74) is 0. The SMILES string of the molecule is CNCc1nnc(N(C)CC2CC2)o1. The molecule has 0 bridgehead atoms. The molecule has 1 heterocycles. The first kappa shape index (κ1) is 9.45. The zero-order valence-corrected chi connectivity index (χ0v) is 8.66. The van der Waals surface area contributed by atoms with Gasteiger partial charge in [-0.05, 0) is 25.8 Å². The summed E-state index contributed by atoms with van der Waals surface area (Å²) >= 11 is 0. The van der Waals surface area contributed by atoms with Gasteiger partial charge in [0.2, 0.25) is 5.89 Å². The second kappa shape index (κ2) is 3.96. The zero-order chi connectivity index (χ0) is 9.97. The summed E-state index contributed by atoms with van der Waals surface area (Å²) in [5.74, 6) is 1.48. The van der Waals surface area contributed by atoms with Crippen LogP contribution in [0.4, 0.5) is 6.01 Å². The van der Waals surface area contributed by atoms with Crippen molar-refractivity contribution in [1.82, 2.24) is 15.5 Å². The Labute approximate surface area is 83.5 Å². The number of nitrogens with zero attached hydrogens (tertiary/aromatic N) is 3. The number of hydrogen-bond donors (Lipinski definition) is 1. The second-order valence-corrected chi connectivity index (χ2v) is 3.83. The van der Waals surface area contributed by atoms with Crippen molar-refractivity contribution in [2.24, 2.45) is 5.92 Å². The molecule has 1 fully saturated rings. The lowest BCUT2D eigenvalue weighted by Crippen LogP contribution is -2.20. The molecule has 1 N–H and O–H groups in total. The van der Waals surface area contributed by atoms with E-state index in [1.807, 2.05) is 19.0 Å². The third-order valence-electron chi connectivity index (χ3n) is 2.34. The van der Waals surface area contributed by atoms with E-state index in [1.54, 1.807) is 0 Å². The highest BCUT2D eigenvalue weighted by Crippen LogP contribution is 2.30. The van der Waals surface area contributed by atoms with Crippen molar-refractivity contribution in [3.8, 4) is 0 Å². The maximum Gasteiger partial charge on any atom is 0.317 e. The van der Waals surface area contributed by atoms with E-state index < -0.39 is 0 Å². The van der Waals surface area contributed by atoms with Gasteiger partial charge in [0.15, 0.2) is 0 Å². The highest BCUT2D eigenvalue weighted by molar-refractivity contribution is 5.22. The van der Waals surface area contributed by atoms with E-state index in [4.69, 9.17) is 4.42 Å². The number of rotatable bonds is 5. The van der Waals surface area contributed by atoms with Gasteiger partial charge >= 0.3 is 6.01 Å². The van der Waals surface area contributed by atoms with Crippen molar-refractivity contribution in [2.75, 3.05) is 25.5 Å². The van der Waals surface area contributed by atoms with Crippen LogP contribution in [0.5, 0.6) is 0 Å². The zero-order valence-electron chi connectivity index (χ0n) is 8.66. The van der Waals surface area contributed by atoms with Crippen LogP contribution in [0.2, 0.25) is 0 Å². The minimum atomic E-state index is 0.627. The highest BCUT2D eigenvalue weighted by Gasteiger charge is 2.24. The molecule has 0 radical (unpaired) electrons. The van der Waals surface area contributed by atoms with Crippen molar-refractivity contribution in [3.63, 3.8) is 0 Å². The summed E-state index contributed by atoms with van der Waals surface area (Å²) in [4.78, 5) is 2.03. The summed E-state index contributed by atoms with van der Waals surface area (Å²) in [5, 5.41) is 10.9. The molecule has 1 aliphatic rings. The smallest absolute Gasteiger partial charge is 0.317 e. The predicted octanol–water partition coefficient (Wildman–Crippen LogP) is 0.635. The lowest BCUT2D eigenvalue weighted by Gasteiger charge is -2.12. The van der Waals surface area contributed by atoms with E-state index in [0.717, 1.165) is 12.5 Å². The van der Waals surface area contributed by atoms with Crippen LogP contribution in [0.15, 0.2) is 4.42 Å². The number of hydrogen-bond acceptors (Lipinski definition) is 5. The number of anilines is 1. The van der Waals surface area contributed by atoms with Gasteiger partial charge in [-0.1, -0.05) is 5.10 Å². The van der Waals surface area contributed by atoms with E-state index in [1.165, 1.54) is 12.8 Å². The molecule has 1 saturated carbocycles. The minimum Gasteiger partial charge on any atom is -0.407 e. The van der Waals surface area contributed by atoms with E-state index in [-0.39, 0.29) is 0 Å². The third-order valence-corrected chi connectivity index (χ3v) is 2.34. The molecule has 14 heavy (non-hydrogen) atoms. The standard InChI is InChI=1S/C9H16N4O/c1-10-5-8-11-12-9(14-8)13(2)6-7-3-4-7/h7,10H,3-6H2,1-2H3. The largest absolute Gasteiger partial charge is 0.407 e. The average Bonchev–Trinajstić information content (AvgIpc) is 2.83. The fraction of sp³-hybridized carbons (Fsp3) is 0.778. The van der Waals surface area contributed by atoms with Crippen molar-refractivity contribution in [1.29, 1.82) is 0 Å². The Kier molecular flexibility index (Phi) is 2.67. The van der Waals surface area contributed by atoms with Crippen molar-refractivity contribution >= 4 is 6.01 Å². The first-order chi connectivity index (χ1) is 6.79. The first-order valence-electron chi connectivity index (χ1n) is 4.97. The summed E-state index contributed by atoms with van der Waals surface area (Å²) in [6.07, 6.45) is 2.67. The van der Waals surface area contributed by atoms with Gasteiger partial charge in [-0.2, -0.15) is 0 Å². The molecule has 0 atom stereocenters. The molecular weight excluding hydrogens is 180 g/mol. The van der Waals surface area contributed by atoms with E-state index >= 15 is 0 Å². The molecule has 1 aromatic heterocycles. The molecule has 0 spiro atoms. The van der Waals surface area contributed by atoms with E-state index in [2.05, 4.69) is 15.5 Å². The first-order valence-corrected chi connectivity index (χ1v) is 4.97. The Morgan fingerprint density at radius 2 is 2.29 bits per heavy atom. The maximum atomic E-state index is 5.46. The number of nitrogens with one attached hydrogen (secondary N) is 1. The van der Waals surface area contributed by atoms with Gasteiger partial charge in [0, 0.05) is 13.6 Å². The maximum absolute atomic E-state index is 5.46. The van der Waals surface area contributed by atoms with Crippen LogP contribution < -0.4 is 10.2 Å². The van der Waals surface area contributed by atoms with Gasteiger partial charge in [0.25, 0.3) is 0 Å². The van der Waals surface area contributed by atoms with Crippen LogP contribution >= 0.6 is 0 Å². The van der Waals surface area contributed by atoms with Crippen LogP contribution in [0.25, 0.3) is 0 Å². The quantitative estimate of drug-likeness (QED) is 0.748. The van der Waals surface area contributed by atoms with Crippen molar-refractivity contribution < 1.29 is 4.42 Å². The Morgan fingerprint density at radius 3 is 2.93 bits per heavy atom. The molecule has 5 nitrogen and oxygen atoms in total. The molecule has 78 valence electrons. The molecule has 0 amide bonds. The van der Waals surface area contributed by atoms with E-state index in [9.17, 15) is 0 Å². The topological polar surface area (TPSA) is 54.2 Å². The fourth-order valence-corrected chi connectivity index (χ4v) is 1.39. The van der Waals surface area contributed by atoms with E-state index in [0.29, 0.717) is 18.5 Å². The van der Waals surface area contributed by atoms with Crippen LogP contribution in [-0.4, -0.2) is 30.8 Å². The van der Waals surface area contributed by atoms with Crippen molar-refractivity contribution in [3.05, 3.63) is 5.89 Å². The third kappa shape index (κ3) is 2.23. The van der Waals surface area contributed by atoms with Crippen LogP contribution in [0, 0.1) is 5.92 Å².